The second kappa shape index (κ2) is 7.26. The van der Waals surface area contributed by atoms with Gasteiger partial charge in [-0.2, -0.15) is 0 Å². The summed E-state index contributed by atoms with van der Waals surface area (Å²) in [4.78, 5) is 25.8. The molecule has 1 aliphatic heterocycles. The second-order valence-corrected chi connectivity index (χ2v) is 7.14. The molecular weight excluding hydrogens is 330 g/mol. The lowest BCUT2D eigenvalue weighted by Crippen LogP contribution is -2.43. The largest absolute Gasteiger partial charge is 0.467 e. The molecule has 0 N–H and O–H groups in total. The number of benzene rings is 1. The number of esters is 1. The van der Waals surface area contributed by atoms with Gasteiger partial charge in [0, 0.05) is 18.0 Å². The summed E-state index contributed by atoms with van der Waals surface area (Å²) in [6.45, 7) is 5.70. The van der Waals surface area contributed by atoms with Gasteiger partial charge in [-0.1, -0.05) is 29.8 Å². The molecule has 0 bridgehead atoms. The SMILES string of the molecule is COC(=O)[C@H]1C/C(=C/c2ccc(Cl)cc2)CN1C(=O)OC(C)(C)C. The Hall–Kier alpha value is -2.01. The molecule has 2 rings (SSSR count). The van der Waals surface area contributed by atoms with Crippen molar-refractivity contribution in [3.63, 3.8) is 0 Å². The van der Waals surface area contributed by atoms with Crippen LogP contribution in [0.15, 0.2) is 29.8 Å². The van der Waals surface area contributed by atoms with Crippen LogP contribution in [0.2, 0.25) is 5.02 Å². The number of hydrogen-bond donors (Lipinski definition) is 0. The topological polar surface area (TPSA) is 55.8 Å². The van der Waals surface area contributed by atoms with Crippen LogP contribution in [0.4, 0.5) is 4.79 Å². The zero-order valence-electron chi connectivity index (χ0n) is 14.3. The highest BCUT2D eigenvalue weighted by molar-refractivity contribution is 6.30. The first-order valence-corrected chi connectivity index (χ1v) is 8.10. The van der Waals surface area contributed by atoms with E-state index in [4.69, 9.17) is 21.1 Å². The number of halogens is 1. The minimum atomic E-state index is -0.664. The Kier molecular flexibility index (Phi) is 5.54. The highest BCUT2D eigenvalue weighted by atomic mass is 35.5. The predicted octanol–water partition coefficient (Wildman–Crippen LogP) is 3.91. The first-order chi connectivity index (χ1) is 11.2. The summed E-state index contributed by atoms with van der Waals surface area (Å²) in [5.41, 5.74) is 1.29. The fourth-order valence-electron chi connectivity index (χ4n) is 2.51. The Bertz CT molecular complexity index is 646. The maximum Gasteiger partial charge on any atom is 0.411 e. The summed E-state index contributed by atoms with van der Waals surface area (Å²) in [5.74, 6) is -0.444. The lowest BCUT2D eigenvalue weighted by atomic mass is 10.1. The van der Waals surface area contributed by atoms with E-state index in [1.54, 1.807) is 32.9 Å². The number of carbonyl (C=O) groups excluding carboxylic acids is 2. The van der Waals surface area contributed by atoms with Gasteiger partial charge < -0.3 is 9.47 Å². The van der Waals surface area contributed by atoms with Gasteiger partial charge in [-0.3, -0.25) is 4.90 Å². The molecule has 1 heterocycles. The van der Waals surface area contributed by atoms with E-state index in [1.807, 2.05) is 18.2 Å². The van der Waals surface area contributed by atoms with Gasteiger partial charge in [-0.25, -0.2) is 9.59 Å². The lowest BCUT2D eigenvalue weighted by Gasteiger charge is -2.27. The van der Waals surface area contributed by atoms with Crippen LogP contribution in [0.5, 0.6) is 0 Å². The van der Waals surface area contributed by atoms with E-state index < -0.39 is 23.7 Å². The van der Waals surface area contributed by atoms with Crippen LogP contribution in [0.3, 0.4) is 0 Å². The molecule has 1 aliphatic rings. The summed E-state index contributed by atoms with van der Waals surface area (Å²) in [6, 6.07) is 6.71. The average molecular weight is 352 g/mol. The third kappa shape index (κ3) is 4.74. The van der Waals surface area contributed by atoms with Gasteiger partial charge in [0.1, 0.15) is 11.6 Å². The third-order valence-corrected chi connectivity index (χ3v) is 3.80. The quantitative estimate of drug-likeness (QED) is 0.758. The van der Waals surface area contributed by atoms with Crippen LogP contribution in [0.25, 0.3) is 6.08 Å². The van der Waals surface area contributed by atoms with E-state index in [1.165, 1.54) is 12.0 Å². The van der Waals surface area contributed by atoms with Crippen molar-refractivity contribution in [2.75, 3.05) is 13.7 Å². The predicted molar refractivity (Wildman–Crippen MR) is 92.8 cm³/mol. The van der Waals surface area contributed by atoms with E-state index in [0.29, 0.717) is 18.0 Å². The molecule has 0 aliphatic carbocycles. The number of hydrogen-bond acceptors (Lipinski definition) is 4. The molecule has 0 saturated carbocycles. The second-order valence-electron chi connectivity index (χ2n) is 6.71. The van der Waals surface area contributed by atoms with Gasteiger partial charge in [-0.15, -0.1) is 0 Å². The molecule has 130 valence electrons. The maximum atomic E-state index is 12.4. The van der Waals surface area contributed by atoms with E-state index in [2.05, 4.69) is 0 Å². The smallest absolute Gasteiger partial charge is 0.411 e. The van der Waals surface area contributed by atoms with Crippen molar-refractivity contribution in [2.24, 2.45) is 0 Å². The van der Waals surface area contributed by atoms with Crippen LogP contribution in [-0.4, -0.2) is 42.3 Å². The average Bonchev–Trinajstić information content (AvgIpc) is 2.91. The Morgan fingerprint density at radius 2 is 1.88 bits per heavy atom. The van der Waals surface area contributed by atoms with Crippen molar-refractivity contribution in [2.45, 2.75) is 38.8 Å². The number of ether oxygens (including phenoxy) is 2. The van der Waals surface area contributed by atoms with E-state index >= 15 is 0 Å². The first kappa shape index (κ1) is 18.3. The number of likely N-dealkylation sites (tertiary alicyclic amines) is 1. The van der Waals surface area contributed by atoms with Crippen molar-refractivity contribution in [3.8, 4) is 0 Å². The molecule has 6 heteroatoms. The van der Waals surface area contributed by atoms with Gasteiger partial charge in [0.15, 0.2) is 0 Å². The van der Waals surface area contributed by atoms with E-state index in [0.717, 1.165) is 11.1 Å². The van der Waals surface area contributed by atoms with Crippen molar-refractivity contribution >= 4 is 29.7 Å². The molecule has 0 unspecified atom stereocenters. The molecular formula is C18H22ClNO4. The summed E-state index contributed by atoms with van der Waals surface area (Å²) < 4.78 is 10.2. The Morgan fingerprint density at radius 3 is 2.42 bits per heavy atom. The van der Waals surface area contributed by atoms with Gasteiger partial charge in [0.2, 0.25) is 0 Å². The van der Waals surface area contributed by atoms with E-state index in [-0.39, 0.29) is 0 Å². The summed E-state index contributed by atoms with van der Waals surface area (Å²) in [6.07, 6.45) is 1.86. The summed E-state index contributed by atoms with van der Waals surface area (Å²) in [7, 11) is 1.32. The number of amides is 1. The highest BCUT2D eigenvalue weighted by Gasteiger charge is 2.39. The molecule has 1 aromatic rings. The lowest BCUT2D eigenvalue weighted by molar-refractivity contribution is -0.145. The zero-order valence-corrected chi connectivity index (χ0v) is 15.1. The Labute approximate surface area is 147 Å². The van der Waals surface area contributed by atoms with Crippen molar-refractivity contribution in [1.82, 2.24) is 4.90 Å². The summed E-state index contributed by atoms with van der Waals surface area (Å²) >= 11 is 5.89. The number of methoxy groups -OCH3 is 1. The van der Waals surface area contributed by atoms with Gasteiger partial charge >= 0.3 is 12.1 Å². The van der Waals surface area contributed by atoms with E-state index in [9.17, 15) is 9.59 Å². The fraction of sp³-hybridized carbons (Fsp3) is 0.444. The number of rotatable bonds is 2. The molecule has 1 amide bonds. The van der Waals surface area contributed by atoms with Crippen molar-refractivity contribution < 1.29 is 19.1 Å². The van der Waals surface area contributed by atoms with Crippen LogP contribution >= 0.6 is 11.6 Å². The van der Waals surface area contributed by atoms with Crippen LogP contribution in [0, 0.1) is 0 Å². The zero-order chi connectivity index (χ0) is 17.9. The minimum Gasteiger partial charge on any atom is -0.467 e. The van der Waals surface area contributed by atoms with Crippen LogP contribution in [-0.2, 0) is 14.3 Å². The standard InChI is InChI=1S/C18H22ClNO4/c1-18(2,3)24-17(22)20-11-13(10-15(20)16(21)23-4)9-12-5-7-14(19)8-6-12/h5-9,15H,10-11H2,1-4H3/b13-9-/t15-/m1/s1. The van der Waals surface area contributed by atoms with Crippen molar-refractivity contribution in [1.29, 1.82) is 0 Å². The third-order valence-electron chi connectivity index (χ3n) is 3.55. The molecule has 1 saturated heterocycles. The van der Waals surface area contributed by atoms with Gasteiger partial charge in [0.05, 0.1) is 7.11 Å². The number of nitrogens with zero attached hydrogens (tertiary/aromatic N) is 1. The maximum absolute atomic E-state index is 12.4. The minimum absolute atomic E-state index is 0.331. The normalized spacial score (nSPS) is 19.5. The van der Waals surface area contributed by atoms with Crippen LogP contribution in [0.1, 0.15) is 32.8 Å². The molecule has 5 nitrogen and oxygen atoms in total. The molecule has 0 spiro atoms. The molecule has 0 radical (unpaired) electrons. The van der Waals surface area contributed by atoms with Crippen LogP contribution < -0.4 is 0 Å². The monoisotopic (exact) mass is 351 g/mol. The molecule has 24 heavy (non-hydrogen) atoms. The molecule has 1 aromatic carbocycles. The highest BCUT2D eigenvalue weighted by Crippen LogP contribution is 2.27. The molecule has 1 fully saturated rings. The van der Waals surface area contributed by atoms with Gasteiger partial charge in [0.25, 0.3) is 0 Å². The van der Waals surface area contributed by atoms with Crippen molar-refractivity contribution in [3.05, 3.63) is 40.4 Å². The Balaban J connectivity index is 2.21. The molecule has 0 aromatic heterocycles. The Morgan fingerprint density at radius 1 is 1.25 bits per heavy atom. The number of carbonyl (C=O) groups is 2. The molecule has 1 atom stereocenters. The summed E-state index contributed by atoms with van der Waals surface area (Å²) in [5, 5.41) is 0.659. The first-order valence-electron chi connectivity index (χ1n) is 7.72. The fourth-order valence-corrected chi connectivity index (χ4v) is 2.64. The van der Waals surface area contributed by atoms with Gasteiger partial charge in [-0.05, 0) is 44.0 Å².